The van der Waals surface area contributed by atoms with Crippen LogP contribution in [0.1, 0.15) is 21.5 Å². The molecule has 0 aliphatic carbocycles. The minimum Gasteiger partial charge on any atom is -0.487 e. The predicted molar refractivity (Wildman–Crippen MR) is 147 cm³/mol. The Kier molecular flexibility index (Phi) is 7.64. The Hall–Kier alpha value is -2.17. The summed E-state index contributed by atoms with van der Waals surface area (Å²) < 4.78 is 7.94. The van der Waals surface area contributed by atoms with Crippen LogP contribution in [0.25, 0.3) is 10.8 Å². The molecule has 0 atom stereocenters. The Bertz CT molecular complexity index is 1280. The van der Waals surface area contributed by atoms with Gasteiger partial charge in [0.25, 0.3) is 5.91 Å². The predicted octanol–water partition coefficient (Wildman–Crippen LogP) is 7.05. The zero-order valence-electron chi connectivity index (χ0n) is 16.7. The van der Waals surface area contributed by atoms with E-state index in [1.807, 2.05) is 72.8 Å². The number of rotatable bonds is 6. The van der Waals surface area contributed by atoms with Gasteiger partial charge in [0, 0.05) is 10.6 Å². The van der Waals surface area contributed by atoms with Crippen molar-refractivity contribution in [2.24, 2.45) is 5.10 Å². The van der Waals surface area contributed by atoms with Crippen LogP contribution in [-0.2, 0) is 6.61 Å². The first kappa shape index (κ1) is 23.0. The minimum atomic E-state index is -0.245. The minimum absolute atomic E-state index is 0.245. The van der Waals surface area contributed by atoms with Crippen LogP contribution in [0.4, 0.5) is 0 Å². The lowest BCUT2D eigenvalue weighted by molar-refractivity contribution is 0.0957. The van der Waals surface area contributed by atoms with Crippen LogP contribution in [0, 0.1) is 7.14 Å². The van der Waals surface area contributed by atoms with Crippen LogP contribution in [0.15, 0.2) is 84.0 Å². The Labute approximate surface area is 218 Å². The van der Waals surface area contributed by atoms with Gasteiger partial charge in [-0.3, -0.25) is 4.79 Å². The number of nitrogens with one attached hydrogen (secondary N) is 1. The van der Waals surface area contributed by atoms with Gasteiger partial charge in [0.15, 0.2) is 0 Å². The fourth-order valence-electron chi connectivity index (χ4n) is 3.18. The molecule has 1 N–H and O–H groups in total. The van der Waals surface area contributed by atoms with Gasteiger partial charge in [0.1, 0.15) is 12.4 Å². The van der Waals surface area contributed by atoms with Gasteiger partial charge >= 0.3 is 0 Å². The van der Waals surface area contributed by atoms with Gasteiger partial charge in [0.05, 0.1) is 13.4 Å². The molecular formula is C25H17ClI2N2O2. The molecular weight excluding hydrogens is 650 g/mol. The van der Waals surface area contributed by atoms with Gasteiger partial charge in [0.2, 0.25) is 0 Å². The number of hydrogen-bond donors (Lipinski definition) is 1. The topological polar surface area (TPSA) is 50.7 Å². The second kappa shape index (κ2) is 10.6. The third-order valence-electron chi connectivity index (χ3n) is 4.73. The first-order valence-corrected chi connectivity index (χ1v) is 12.2. The molecule has 4 rings (SSSR count). The Morgan fingerprint density at radius 2 is 1.66 bits per heavy atom. The first-order valence-electron chi connectivity index (χ1n) is 9.69. The summed E-state index contributed by atoms with van der Waals surface area (Å²) in [4.78, 5) is 12.6. The van der Waals surface area contributed by atoms with E-state index >= 15 is 0 Å². The number of ether oxygens (including phenoxy) is 1. The van der Waals surface area contributed by atoms with Gasteiger partial charge in [-0.15, -0.1) is 0 Å². The molecule has 0 spiro atoms. The zero-order valence-corrected chi connectivity index (χ0v) is 21.8. The second-order valence-electron chi connectivity index (χ2n) is 6.95. The molecule has 0 aliphatic rings. The summed E-state index contributed by atoms with van der Waals surface area (Å²) in [5, 5.41) is 6.77. The molecule has 160 valence electrons. The van der Waals surface area contributed by atoms with E-state index in [1.165, 1.54) is 0 Å². The largest absolute Gasteiger partial charge is 0.487 e. The summed E-state index contributed by atoms with van der Waals surface area (Å²) in [5.41, 5.74) is 5.14. The highest BCUT2D eigenvalue weighted by Gasteiger charge is 2.10. The van der Waals surface area contributed by atoms with Crippen LogP contribution in [-0.4, -0.2) is 12.1 Å². The normalized spacial score (nSPS) is 11.1. The number of fused-ring (bicyclic) bond motifs is 1. The molecule has 0 heterocycles. The summed E-state index contributed by atoms with van der Waals surface area (Å²) in [6.45, 7) is 0.456. The number of halogens is 3. The lowest BCUT2D eigenvalue weighted by Crippen LogP contribution is -2.18. The van der Waals surface area contributed by atoms with Crippen molar-refractivity contribution < 1.29 is 9.53 Å². The third kappa shape index (κ3) is 5.60. The monoisotopic (exact) mass is 666 g/mol. The second-order valence-corrected chi connectivity index (χ2v) is 9.72. The number of hydrazone groups is 1. The molecule has 1 amide bonds. The van der Waals surface area contributed by atoms with Crippen LogP contribution >= 0.6 is 56.8 Å². The number of carbonyl (C=O) groups excluding carboxylic acids is 1. The number of benzene rings is 4. The third-order valence-corrected chi connectivity index (χ3v) is 6.59. The summed E-state index contributed by atoms with van der Waals surface area (Å²) in [5.74, 6) is 0.573. The summed E-state index contributed by atoms with van der Waals surface area (Å²) in [6.07, 6.45) is 1.64. The van der Waals surface area contributed by atoms with E-state index in [4.69, 9.17) is 16.3 Å². The standard InChI is InChI=1S/C25H17ClI2N2O2/c26-19-10-8-16(9-11-19)15-32-24-22(27)12-17(13-23(24)28)14-29-30-25(31)21-7-3-5-18-4-1-2-6-20(18)21/h1-14H,15H2,(H,30,31)/b29-14-. The average Bonchev–Trinajstić information content (AvgIpc) is 2.79. The molecule has 0 fully saturated rings. The van der Waals surface area contributed by atoms with Crippen LogP contribution in [0.2, 0.25) is 5.02 Å². The van der Waals surface area contributed by atoms with E-state index < -0.39 is 0 Å². The Balaban J connectivity index is 1.44. The van der Waals surface area contributed by atoms with Crippen molar-refractivity contribution in [2.45, 2.75) is 6.61 Å². The molecule has 32 heavy (non-hydrogen) atoms. The molecule has 4 aromatic carbocycles. The fourth-order valence-corrected chi connectivity index (χ4v) is 5.43. The highest BCUT2D eigenvalue weighted by atomic mass is 127. The van der Waals surface area contributed by atoms with Crippen molar-refractivity contribution in [1.29, 1.82) is 0 Å². The fraction of sp³-hybridized carbons (Fsp3) is 0.0400. The van der Waals surface area contributed by atoms with Crippen molar-refractivity contribution in [1.82, 2.24) is 5.43 Å². The van der Waals surface area contributed by atoms with E-state index in [-0.39, 0.29) is 5.91 Å². The quantitative estimate of drug-likeness (QED) is 0.136. The maximum Gasteiger partial charge on any atom is 0.271 e. The van der Waals surface area contributed by atoms with Crippen molar-refractivity contribution in [3.8, 4) is 5.75 Å². The average molecular weight is 667 g/mol. The molecule has 4 aromatic rings. The lowest BCUT2D eigenvalue weighted by Gasteiger charge is -2.11. The molecule has 0 saturated heterocycles. The van der Waals surface area contributed by atoms with E-state index in [2.05, 4.69) is 55.7 Å². The van der Waals surface area contributed by atoms with Crippen LogP contribution in [0.5, 0.6) is 5.75 Å². The van der Waals surface area contributed by atoms with E-state index in [0.29, 0.717) is 17.2 Å². The molecule has 0 saturated carbocycles. The zero-order chi connectivity index (χ0) is 22.5. The molecule has 0 radical (unpaired) electrons. The molecule has 0 aliphatic heterocycles. The maximum absolute atomic E-state index is 12.6. The molecule has 7 heteroatoms. The van der Waals surface area contributed by atoms with Crippen LogP contribution in [0.3, 0.4) is 0 Å². The van der Waals surface area contributed by atoms with Crippen molar-refractivity contribution in [3.63, 3.8) is 0 Å². The summed E-state index contributed by atoms with van der Waals surface area (Å²) in [7, 11) is 0. The molecule has 0 unspecified atom stereocenters. The van der Waals surface area contributed by atoms with Crippen molar-refractivity contribution in [2.75, 3.05) is 0 Å². The molecule has 0 aromatic heterocycles. The van der Waals surface area contributed by atoms with E-state index in [1.54, 1.807) is 12.3 Å². The first-order chi connectivity index (χ1) is 15.5. The van der Waals surface area contributed by atoms with E-state index in [9.17, 15) is 4.79 Å². The molecule has 4 nitrogen and oxygen atoms in total. The highest BCUT2D eigenvalue weighted by molar-refractivity contribution is 14.1. The highest BCUT2D eigenvalue weighted by Crippen LogP contribution is 2.29. The van der Waals surface area contributed by atoms with Gasteiger partial charge in [-0.2, -0.15) is 5.10 Å². The number of hydrogen-bond acceptors (Lipinski definition) is 3. The Morgan fingerprint density at radius 1 is 0.969 bits per heavy atom. The SMILES string of the molecule is O=C(N/N=C\c1cc(I)c(OCc2ccc(Cl)cc2)c(I)c1)c1cccc2ccccc12. The number of carbonyl (C=O) groups is 1. The molecule has 0 bridgehead atoms. The summed E-state index contributed by atoms with van der Waals surface area (Å²) in [6, 6.07) is 25.0. The van der Waals surface area contributed by atoms with Gasteiger partial charge in [-0.25, -0.2) is 5.43 Å². The van der Waals surface area contributed by atoms with Gasteiger partial charge in [-0.1, -0.05) is 60.1 Å². The van der Waals surface area contributed by atoms with Gasteiger partial charge < -0.3 is 4.74 Å². The van der Waals surface area contributed by atoms with Gasteiger partial charge in [-0.05, 0) is 97.4 Å². The Morgan fingerprint density at radius 3 is 2.41 bits per heavy atom. The summed E-state index contributed by atoms with van der Waals surface area (Å²) >= 11 is 10.4. The van der Waals surface area contributed by atoms with E-state index in [0.717, 1.165) is 34.8 Å². The van der Waals surface area contributed by atoms with Crippen LogP contribution < -0.4 is 10.2 Å². The van der Waals surface area contributed by atoms with Crippen molar-refractivity contribution >= 4 is 79.7 Å². The van der Waals surface area contributed by atoms with Crippen molar-refractivity contribution in [3.05, 3.63) is 108 Å². The number of nitrogens with zero attached hydrogens (tertiary/aromatic N) is 1. The maximum atomic E-state index is 12.6. The lowest BCUT2D eigenvalue weighted by atomic mass is 10.0. The number of amides is 1. The smallest absolute Gasteiger partial charge is 0.271 e.